The van der Waals surface area contributed by atoms with Crippen molar-refractivity contribution in [2.24, 2.45) is 4.99 Å². The summed E-state index contributed by atoms with van der Waals surface area (Å²) in [5.41, 5.74) is 0. The first-order valence-corrected chi connectivity index (χ1v) is 7.56. The number of thioether (sulfide) groups is 1. The van der Waals surface area contributed by atoms with Crippen LogP contribution in [0.4, 0.5) is 4.39 Å². The monoisotopic (exact) mass is 427 g/mol. The predicted octanol–water partition coefficient (Wildman–Crippen LogP) is 2.74. The number of guanidine groups is 1. The van der Waals surface area contributed by atoms with E-state index in [0.717, 1.165) is 36.1 Å². The molecular weight excluding hydrogens is 404 g/mol. The van der Waals surface area contributed by atoms with Crippen LogP contribution < -0.4 is 10.6 Å². The lowest BCUT2D eigenvalue weighted by Crippen LogP contribution is -2.39. The highest BCUT2D eigenvalue weighted by atomic mass is 127. The van der Waals surface area contributed by atoms with Gasteiger partial charge in [0.1, 0.15) is 5.82 Å². The maximum absolute atomic E-state index is 12.7. The van der Waals surface area contributed by atoms with Crippen molar-refractivity contribution in [3.8, 4) is 0 Å². The van der Waals surface area contributed by atoms with Crippen LogP contribution in [0.3, 0.4) is 0 Å². The molecule has 0 unspecified atom stereocenters. The number of nitrogens with zero attached hydrogens (tertiary/aromatic N) is 1. The van der Waals surface area contributed by atoms with Gasteiger partial charge in [-0.3, -0.25) is 4.99 Å². The Bertz CT molecular complexity index is 404. The fourth-order valence-corrected chi connectivity index (χ4v) is 2.34. The summed E-state index contributed by atoms with van der Waals surface area (Å²) in [6.45, 7) is 2.24. The summed E-state index contributed by atoms with van der Waals surface area (Å²) in [5.74, 6) is 1.57. The minimum Gasteiger partial charge on any atom is -0.383 e. The maximum Gasteiger partial charge on any atom is 0.191 e. The Kier molecular flexibility index (Phi) is 12.8. The molecule has 0 saturated carbocycles. The van der Waals surface area contributed by atoms with Gasteiger partial charge in [-0.2, -0.15) is 0 Å². The van der Waals surface area contributed by atoms with E-state index >= 15 is 0 Å². The third-order valence-corrected chi connectivity index (χ3v) is 3.62. The van der Waals surface area contributed by atoms with E-state index in [1.165, 1.54) is 12.1 Å². The van der Waals surface area contributed by atoms with Crippen molar-refractivity contribution < 1.29 is 9.13 Å². The topological polar surface area (TPSA) is 45.7 Å². The minimum atomic E-state index is -0.193. The lowest BCUT2D eigenvalue weighted by Gasteiger charge is -2.11. The molecule has 1 aromatic rings. The van der Waals surface area contributed by atoms with E-state index in [-0.39, 0.29) is 29.8 Å². The summed E-state index contributed by atoms with van der Waals surface area (Å²) in [4.78, 5) is 5.21. The van der Waals surface area contributed by atoms with Gasteiger partial charge in [-0.15, -0.1) is 35.7 Å². The molecule has 1 aromatic carbocycles. The Morgan fingerprint density at radius 2 is 1.90 bits per heavy atom. The average Bonchev–Trinajstić information content (AvgIpc) is 2.47. The summed E-state index contributed by atoms with van der Waals surface area (Å²) >= 11 is 1.72. The van der Waals surface area contributed by atoms with Crippen LogP contribution in [-0.4, -0.2) is 45.6 Å². The van der Waals surface area contributed by atoms with Gasteiger partial charge in [-0.05, 0) is 36.4 Å². The van der Waals surface area contributed by atoms with E-state index in [2.05, 4.69) is 15.6 Å². The molecule has 0 heterocycles. The zero-order valence-corrected chi connectivity index (χ0v) is 15.5. The van der Waals surface area contributed by atoms with Crippen LogP contribution >= 0.6 is 35.7 Å². The SMILES string of the molecule is CN=C(NCCCSc1ccc(F)cc1)NCCOC.I. The van der Waals surface area contributed by atoms with Crippen molar-refractivity contribution in [3.05, 3.63) is 30.1 Å². The summed E-state index contributed by atoms with van der Waals surface area (Å²) < 4.78 is 17.7. The molecule has 0 aliphatic heterocycles. The van der Waals surface area contributed by atoms with Crippen molar-refractivity contribution >= 4 is 41.7 Å². The Morgan fingerprint density at radius 3 is 2.52 bits per heavy atom. The van der Waals surface area contributed by atoms with Crippen LogP contribution in [0.1, 0.15) is 6.42 Å². The second kappa shape index (κ2) is 13.1. The smallest absolute Gasteiger partial charge is 0.191 e. The molecule has 0 aliphatic rings. The Balaban J connectivity index is 0.00000400. The quantitative estimate of drug-likeness (QED) is 0.220. The van der Waals surface area contributed by atoms with Crippen molar-refractivity contribution in [2.45, 2.75) is 11.3 Å². The van der Waals surface area contributed by atoms with Gasteiger partial charge in [0.25, 0.3) is 0 Å². The van der Waals surface area contributed by atoms with Crippen molar-refractivity contribution in [1.29, 1.82) is 0 Å². The lowest BCUT2D eigenvalue weighted by atomic mass is 10.4. The highest BCUT2D eigenvalue weighted by molar-refractivity contribution is 14.0. The number of nitrogens with one attached hydrogen (secondary N) is 2. The molecule has 0 bridgehead atoms. The first-order valence-electron chi connectivity index (χ1n) is 6.58. The predicted molar refractivity (Wildman–Crippen MR) is 98.4 cm³/mol. The highest BCUT2D eigenvalue weighted by Gasteiger charge is 1.97. The summed E-state index contributed by atoms with van der Waals surface area (Å²) in [5, 5.41) is 6.38. The van der Waals surface area contributed by atoms with Gasteiger partial charge in [0.2, 0.25) is 0 Å². The van der Waals surface area contributed by atoms with Gasteiger partial charge in [0, 0.05) is 32.1 Å². The number of halogens is 2. The normalized spacial score (nSPS) is 10.9. The molecule has 0 spiro atoms. The fourth-order valence-electron chi connectivity index (χ4n) is 1.49. The van der Waals surface area contributed by atoms with Crippen molar-refractivity contribution in [1.82, 2.24) is 10.6 Å². The van der Waals surface area contributed by atoms with Crippen molar-refractivity contribution in [3.63, 3.8) is 0 Å². The van der Waals surface area contributed by atoms with Gasteiger partial charge in [-0.1, -0.05) is 0 Å². The molecule has 21 heavy (non-hydrogen) atoms. The van der Waals surface area contributed by atoms with Gasteiger partial charge in [-0.25, -0.2) is 4.39 Å². The molecule has 0 aliphatic carbocycles. The van der Waals surface area contributed by atoms with E-state index < -0.39 is 0 Å². The minimum absolute atomic E-state index is 0. The molecule has 0 amide bonds. The molecule has 0 atom stereocenters. The second-order valence-corrected chi connectivity index (χ2v) is 5.24. The van der Waals surface area contributed by atoms with Crippen LogP contribution in [0, 0.1) is 5.82 Å². The number of hydrogen-bond donors (Lipinski definition) is 2. The molecular formula is C14H23FIN3OS. The number of methoxy groups -OCH3 is 1. The maximum atomic E-state index is 12.7. The molecule has 0 saturated heterocycles. The largest absolute Gasteiger partial charge is 0.383 e. The molecule has 7 heteroatoms. The summed E-state index contributed by atoms with van der Waals surface area (Å²) in [7, 11) is 3.42. The Labute approximate surface area is 147 Å². The number of aliphatic imine (C=N–C) groups is 1. The van der Waals surface area contributed by atoms with E-state index in [1.54, 1.807) is 38.1 Å². The van der Waals surface area contributed by atoms with Gasteiger partial charge >= 0.3 is 0 Å². The fraction of sp³-hybridized carbons (Fsp3) is 0.500. The van der Waals surface area contributed by atoms with Gasteiger partial charge in [0.05, 0.1) is 6.61 Å². The molecule has 1 rings (SSSR count). The van der Waals surface area contributed by atoms with Crippen LogP contribution in [-0.2, 0) is 4.74 Å². The Morgan fingerprint density at radius 1 is 1.24 bits per heavy atom. The summed E-state index contributed by atoms with van der Waals surface area (Å²) in [6.07, 6.45) is 1.01. The third-order valence-electron chi connectivity index (χ3n) is 2.52. The second-order valence-electron chi connectivity index (χ2n) is 4.07. The lowest BCUT2D eigenvalue weighted by molar-refractivity contribution is 0.203. The Hall–Kier alpha value is -0.540. The first-order chi connectivity index (χ1) is 9.76. The van der Waals surface area contributed by atoms with E-state index in [4.69, 9.17) is 4.74 Å². The van der Waals surface area contributed by atoms with E-state index in [9.17, 15) is 4.39 Å². The van der Waals surface area contributed by atoms with Gasteiger partial charge in [0.15, 0.2) is 5.96 Å². The number of benzene rings is 1. The molecule has 0 radical (unpaired) electrons. The van der Waals surface area contributed by atoms with Gasteiger partial charge < -0.3 is 15.4 Å². The van der Waals surface area contributed by atoms with E-state index in [1.807, 2.05) is 0 Å². The zero-order valence-electron chi connectivity index (χ0n) is 12.4. The number of rotatable bonds is 8. The molecule has 2 N–H and O–H groups in total. The van der Waals surface area contributed by atoms with Crippen LogP contribution in [0.25, 0.3) is 0 Å². The third kappa shape index (κ3) is 9.92. The molecule has 120 valence electrons. The standard InChI is InChI=1S/C14H22FN3OS.HI/c1-16-14(18-9-10-19-2)17-8-3-11-20-13-6-4-12(15)5-7-13;/h4-7H,3,8-11H2,1-2H3,(H2,16,17,18);1H. The average molecular weight is 427 g/mol. The molecule has 0 aromatic heterocycles. The van der Waals surface area contributed by atoms with E-state index in [0.29, 0.717) is 6.61 Å². The molecule has 4 nitrogen and oxygen atoms in total. The van der Waals surface area contributed by atoms with Crippen LogP contribution in [0.2, 0.25) is 0 Å². The van der Waals surface area contributed by atoms with Crippen LogP contribution in [0.5, 0.6) is 0 Å². The first kappa shape index (κ1) is 20.5. The number of ether oxygens (including phenoxy) is 1. The van der Waals surface area contributed by atoms with Crippen LogP contribution in [0.15, 0.2) is 34.2 Å². The summed E-state index contributed by atoms with van der Waals surface area (Å²) in [6, 6.07) is 6.58. The highest BCUT2D eigenvalue weighted by Crippen LogP contribution is 2.18. The van der Waals surface area contributed by atoms with Crippen molar-refractivity contribution in [2.75, 3.05) is 39.6 Å². The molecule has 0 fully saturated rings. The zero-order chi connectivity index (χ0) is 14.6. The number of hydrogen-bond acceptors (Lipinski definition) is 3.